The minimum absolute atomic E-state index is 0.975. The van der Waals surface area contributed by atoms with Crippen LogP contribution in [0.2, 0.25) is 0 Å². The van der Waals surface area contributed by atoms with Gasteiger partial charge in [0.2, 0.25) is 0 Å². The fraction of sp³-hybridized carbons (Fsp3) is 0.429. The Morgan fingerprint density at radius 3 is 1.93 bits per heavy atom. The van der Waals surface area contributed by atoms with Gasteiger partial charge in [0.1, 0.15) is 0 Å². The Balaban J connectivity index is 0. The van der Waals surface area contributed by atoms with Crippen molar-refractivity contribution in [1.82, 2.24) is 5.32 Å². The molecule has 0 amide bonds. The van der Waals surface area contributed by atoms with Gasteiger partial charge in [-0.1, -0.05) is 58.5 Å². The van der Waals surface area contributed by atoms with Crippen LogP contribution in [0, 0.1) is 6.92 Å². The Bertz CT molecular complexity index is 264. The summed E-state index contributed by atoms with van der Waals surface area (Å²) < 4.78 is 0. The summed E-state index contributed by atoms with van der Waals surface area (Å²) in [6.45, 7) is 14.0. The van der Waals surface area contributed by atoms with Crippen LogP contribution in [0.3, 0.4) is 0 Å². The highest BCUT2D eigenvalue weighted by atomic mass is 14.8. The van der Waals surface area contributed by atoms with E-state index in [1.807, 2.05) is 46.9 Å². The lowest BCUT2D eigenvalue weighted by Crippen LogP contribution is -2.03. The van der Waals surface area contributed by atoms with Crippen LogP contribution in [-0.2, 0) is 0 Å². The zero-order chi connectivity index (χ0) is 12.3. The molecule has 0 atom stereocenters. The Labute approximate surface area is 95.2 Å². The van der Waals surface area contributed by atoms with Crippen molar-refractivity contribution < 1.29 is 0 Å². The maximum absolute atomic E-state index is 3.89. The lowest BCUT2D eigenvalue weighted by Gasteiger charge is -2.07. The topological polar surface area (TPSA) is 12.0 Å². The smallest absolute Gasteiger partial charge is 0.0340 e. The molecular formula is C14H25N. The summed E-state index contributed by atoms with van der Waals surface area (Å²) in [7, 11) is 1.88. The Morgan fingerprint density at radius 2 is 1.53 bits per heavy atom. The molecule has 1 aromatic rings. The summed E-state index contributed by atoms with van der Waals surface area (Å²) >= 11 is 0. The van der Waals surface area contributed by atoms with Crippen molar-refractivity contribution in [3.8, 4) is 0 Å². The molecule has 1 nitrogen and oxygen atoms in total. The molecule has 0 aliphatic heterocycles. The van der Waals surface area contributed by atoms with E-state index >= 15 is 0 Å². The third-order valence-corrected chi connectivity index (χ3v) is 1.77. The lowest BCUT2D eigenvalue weighted by molar-refractivity contribution is 1.12. The van der Waals surface area contributed by atoms with E-state index in [2.05, 4.69) is 31.0 Å². The van der Waals surface area contributed by atoms with Crippen molar-refractivity contribution in [3.63, 3.8) is 0 Å². The van der Waals surface area contributed by atoms with E-state index in [0.717, 1.165) is 5.70 Å². The minimum Gasteiger partial charge on any atom is -0.388 e. The van der Waals surface area contributed by atoms with Crippen LogP contribution in [-0.4, -0.2) is 7.05 Å². The number of aryl methyl sites for hydroxylation is 1. The Morgan fingerprint density at radius 1 is 1.07 bits per heavy atom. The predicted octanol–water partition coefficient (Wildman–Crippen LogP) is 4.24. The maximum Gasteiger partial charge on any atom is 0.0340 e. The van der Waals surface area contributed by atoms with E-state index < -0.39 is 0 Å². The van der Waals surface area contributed by atoms with Crippen LogP contribution >= 0.6 is 0 Å². The summed E-state index contributed by atoms with van der Waals surface area (Å²) in [4.78, 5) is 0. The van der Waals surface area contributed by atoms with E-state index in [4.69, 9.17) is 0 Å². The molecule has 1 aromatic carbocycles. The van der Waals surface area contributed by atoms with E-state index in [-0.39, 0.29) is 0 Å². The fourth-order valence-electron chi connectivity index (χ4n) is 1.05. The molecule has 1 N–H and O–H groups in total. The molecule has 0 radical (unpaired) electrons. The Kier molecular flexibility index (Phi) is 11.7. The molecule has 1 heteroatoms. The second-order valence-corrected chi connectivity index (χ2v) is 2.54. The number of nitrogens with one attached hydrogen (secondary N) is 1. The first-order valence-corrected chi connectivity index (χ1v) is 5.68. The molecule has 0 fully saturated rings. The quantitative estimate of drug-likeness (QED) is 0.765. The van der Waals surface area contributed by atoms with Crippen molar-refractivity contribution in [3.05, 3.63) is 42.0 Å². The number of benzene rings is 1. The summed E-state index contributed by atoms with van der Waals surface area (Å²) in [6.07, 6.45) is 0. The molecule has 15 heavy (non-hydrogen) atoms. The van der Waals surface area contributed by atoms with Gasteiger partial charge >= 0.3 is 0 Å². The molecule has 1 rings (SSSR count). The van der Waals surface area contributed by atoms with Crippen molar-refractivity contribution in [2.45, 2.75) is 34.6 Å². The number of rotatable bonds is 2. The zero-order valence-corrected chi connectivity index (χ0v) is 11.0. The maximum atomic E-state index is 3.89. The van der Waals surface area contributed by atoms with Gasteiger partial charge in [-0.25, -0.2) is 0 Å². The van der Waals surface area contributed by atoms with E-state index in [1.54, 1.807) is 0 Å². The Hall–Kier alpha value is -1.24. The predicted molar refractivity (Wildman–Crippen MR) is 72.0 cm³/mol. The van der Waals surface area contributed by atoms with Gasteiger partial charge in [-0.2, -0.15) is 0 Å². The van der Waals surface area contributed by atoms with Crippen LogP contribution in [0.25, 0.3) is 5.70 Å². The highest BCUT2D eigenvalue weighted by molar-refractivity contribution is 5.64. The first-order chi connectivity index (χ1) is 7.25. The van der Waals surface area contributed by atoms with Gasteiger partial charge in [0, 0.05) is 12.7 Å². The van der Waals surface area contributed by atoms with Gasteiger partial charge in [0.25, 0.3) is 0 Å². The molecule has 0 bridgehead atoms. The highest BCUT2D eigenvalue weighted by Gasteiger charge is 1.97. The van der Waals surface area contributed by atoms with Crippen molar-refractivity contribution >= 4 is 5.70 Å². The summed E-state index contributed by atoms with van der Waals surface area (Å²) in [5.41, 5.74) is 3.42. The van der Waals surface area contributed by atoms with Gasteiger partial charge in [-0.15, -0.1) is 0 Å². The van der Waals surface area contributed by atoms with Crippen LogP contribution in [0.15, 0.2) is 30.8 Å². The van der Waals surface area contributed by atoms with E-state index in [0.29, 0.717) is 0 Å². The SMILES string of the molecule is C=C(NC)c1ccccc1C.CC.CC. The standard InChI is InChI=1S/C10H13N.2C2H6/c1-8-6-4-5-7-10(8)9(2)11-3;2*1-2/h4-7,11H,2H2,1,3H3;2*1-2H3. The molecule has 0 unspecified atom stereocenters. The number of hydrogen-bond acceptors (Lipinski definition) is 1. The molecule has 0 saturated heterocycles. The van der Waals surface area contributed by atoms with Gasteiger partial charge in [-0.05, 0) is 18.1 Å². The zero-order valence-electron chi connectivity index (χ0n) is 11.0. The van der Waals surface area contributed by atoms with Crippen molar-refractivity contribution in [2.24, 2.45) is 0 Å². The van der Waals surface area contributed by atoms with Crippen LogP contribution in [0.5, 0.6) is 0 Å². The lowest BCUT2D eigenvalue weighted by atomic mass is 10.1. The second-order valence-electron chi connectivity index (χ2n) is 2.54. The summed E-state index contributed by atoms with van der Waals surface area (Å²) in [6, 6.07) is 8.19. The molecule has 0 aromatic heterocycles. The summed E-state index contributed by atoms with van der Waals surface area (Å²) in [5.74, 6) is 0. The third-order valence-electron chi connectivity index (χ3n) is 1.77. The van der Waals surface area contributed by atoms with E-state index in [1.165, 1.54) is 11.1 Å². The monoisotopic (exact) mass is 207 g/mol. The minimum atomic E-state index is 0.975. The van der Waals surface area contributed by atoms with Crippen LogP contribution in [0.4, 0.5) is 0 Å². The average Bonchev–Trinajstić information content (AvgIpc) is 2.34. The third kappa shape index (κ3) is 5.95. The normalized spacial score (nSPS) is 7.60. The highest BCUT2D eigenvalue weighted by Crippen LogP contribution is 2.13. The molecule has 0 aliphatic rings. The first kappa shape index (κ1) is 16.2. The summed E-state index contributed by atoms with van der Waals surface area (Å²) in [5, 5.41) is 3.03. The van der Waals surface area contributed by atoms with Crippen molar-refractivity contribution in [2.75, 3.05) is 7.05 Å². The molecule has 86 valence electrons. The van der Waals surface area contributed by atoms with Gasteiger partial charge in [-0.3, -0.25) is 0 Å². The van der Waals surface area contributed by atoms with Crippen LogP contribution < -0.4 is 5.32 Å². The molecular weight excluding hydrogens is 182 g/mol. The first-order valence-electron chi connectivity index (χ1n) is 5.68. The molecule has 0 saturated carbocycles. The number of hydrogen-bond donors (Lipinski definition) is 1. The fourth-order valence-corrected chi connectivity index (χ4v) is 1.05. The van der Waals surface area contributed by atoms with Gasteiger partial charge in [0.05, 0.1) is 0 Å². The van der Waals surface area contributed by atoms with Crippen LogP contribution in [0.1, 0.15) is 38.8 Å². The molecule has 0 spiro atoms. The molecule has 0 heterocycles. The van der Waals surface area contributed by atoms with E-state index in [9.17, 15) is 0 Å². The van der Waals surface area contributed by atoms with Gasteiger partial charge < -0.3 is 5.32 Å². The van der Waals surface area contributed by atoms with Crippen molar-refractivity contribution in [1.29, 1.82) is 0 Å². The van der Waals surface area contributed by atoms with Gasteiger partial charge in [0.15, 0.2) is 0 Å². The molecule has 0 aliphatic carbocycles. The second kappa shape index (κ2) is 10.8. The largest absolute Gasteiger partial charge is 0.388 e. The average molecular weight is 207 g/mol.